The normalized spacial score (nSPS) is 11.2. The first-order chi connectivity index (χ1) is 15.1. The van der Waals surface area contributed by atoms with Gasteiger partial charge in [-0.25, -0.2) is 14.4 Å². The van der Waals surface area contributed by atoms with Crippen molar-refractivity contribution in [1.29, 1.82) is 0 Å². The van der Waals surface area contributed by atoms with Crippen molar-refractivity contribution in [2.45, 2.75) is 39.2 Å². The number of rotatable bonds is 9. The summed E-state index contributed by atoms with van der Waals surface area (Å²) in [4.78, 5) is 9.03. The second kappa shape index (κ2) is 13.5. The van der Waals surface area contributed by atoms with Gasteiger partial charge in [-0.2, -0.15) is 11.8 Å². The number of aryl methyl sites for hydroxylation is 1. The van der Waals surface area contributed by atoms with E-state index in [4.69, 9.17) is 4.99 Å². The Balaban J connectivity index is 0.00000363. The van der Waals surface area contributed by atoms with Gasteiger partial charge in [-0.1, -0.05) is 30.3 Å². The van der Waals surface area contributed by atoms with E-state index < -0.39 is 0 Å². The predicted molar refractivity (Wildman–Crippen MR) is 143 cm³/mol. The molecule has 1 heterocycles. The minimum Gasteiger partial charge on any atom is -0.357 e. The van der Waals surface area contributed by atoms with E-state index in [0.717, 1.165) is 47.3 Å². The van der Waals surface area contributed by atoms with Gasteiger partial charge in [0.2, 0.25) is 0 Å². The maximum atomic E-state index is 13.6. The number of hydrogen-bond donors (Lipinski definition) is 2. The van der Waals surface area contributed by atoms with Crippen molar-refractivity contribution in [2.24, 2.45) is 4.99 Å². The Kier molecular flexibility index (Phi) is 11.0. The molecule has 32 heavy (non-hydrogen) atoms. The van der Waals surface area contributed by atoms with Crippen LogP contribution in [-0.4, -0.2) is 28.3 Å². The largest absolute Gasteiger partial charge is 0.357 e. The maximum absolute atomic E-state index is 13.6. The Morgan fingerprint density at radius 1 is 1.12 bits per heavy atom. The molecule has 172 valence electrons. The summed E-state index contributed by atoms with van der Waals surface area (Å²) in [6.07, 6.45) is 5.84. The molecule has 0 saturated heterocycles. The monoisotopic (exact) mass is 567 g/mol. The first-order valence-electron chi connectivity index (χ1n) is 10.4. The second-order valence-electron chi connectivity index (χ2n) is 7.32. The third-order valence-electron chi connectivity index (χ3n) is 4.95. The Hall–Kier alpha value is -2.07. The lowest BCUT2D eigenvalue weighted by atomic mass is 10.1. The fourth-order valence-corrected chi connectivity index (χ4v) is 3.92. The van der Waals surface area contributed by atoms with Crippen molar-refractivity contribution < 1.29 is 4.39 Å². The highest BCUT2D eigenvalue weighted by Gasteiger charge is 2.06. The van der Waals surface area contributed by atoms with E-state index >= 15 is 0 Å². The summed E-state index contributed by atoms with van der Waals surface area (Å²) >= 11 is 1.69. The first-order valence-corrected chi connectivity index (χ1v) is 11.8. The predicted octanol–water partition coefficient (Wildman–Crippen LogP) is 5.12. The van der Waals surface area contributed by atoms with E-state index in [-0.39, 0.29) is 29.8 Å². The Morgan fingerprint density at radius 2 is 1.94 bits per heavy atom. The van der Waals surface area contributed by atoms with Gasteiger partial charge in [0.25, 0.3) is 0 Å². The zero-order valence-electron chi connectivity index (χ0n) is 18.8. The minimum absolute atomic E-state index is 0. The van der Waals surface area contributed by atoms with E-state index in [0.29, 0.717) is 13.1 Å². The zero-order chi connectivity index (χ0) is 22.1. The van der Waals surface area contributed by atoms with Crippen LogP contribution < -0.4 is 10.6 Å². The van der Waals surface area contributed by atoms with Crippen LogP contribution in [0.15, 0.2) is 59.9 Å². The lowest BCUT2D eigenvalue weighted by Gasteiger charge is -2.14. The molecule has 0 fully saturated rings. The van der Waals surface area contributed by atoms with Gasteiger partial charge in [-0.3, -0.25) is 0 Å². The van der Waals surface area contributed by atoms with Gasteiger partial charge in [0.15, 0.2) is 5.96 Å². The lowest BCUT2D eigenvalue weighted by molar-refractivity contribution is 0.625. The third kappa shape index (κ3) is 7.81. The molecule has 0 aliphatic rings. The summed E-state index contributed by atoms with van der Waals surface area (Å²) in [6, 6.07) is 13.4. The summed E-state index contributed by atoms with van der Waals surface area (Å²) in [7, 11) is 0. The average Bonchev–Trinajstić information content (AvgIpc) is 3.16. The van der Waals surface area contributed by atoms with E-state index in [2.05, 4.69) is 44.5 Å². The van der Waals surface area contributed by atoms with Crippen molar-refractivity contribution >= 4 is 41.7 Å². The van der Waals surface area contributed by atoms with E-state index in [1.165, 1.54) is 11.6 Å². The van der Waals surface area contributed by atoms with Crippen LogP contribution >= 0.6 is 35.7 Å². The summed E-state index contributed by atoms with van der Waals surface area (Å²) in [5.41, 5.74) is 4.47. The summed E-state index contributed by atoms with van der Waals surface area (Å²) in [5.74, 6) is 2.34. The van der Waals surface area contributed by atoms with Gasteiger partial charge in [-0.05, 0) is 54.5 Å². The number of imidazole rings is 1. The van der Waals surface area contributed by atoms with Crippen molar-refractivity contribution in [2.75, 3.05) is 12.8 Å². The molecular formula is C24H31FIN5S. The Morgan fingerprint density at radius 3 is 2.66 bits per heavy atom. The second-order valence-corrected chi connectivity index (χ2v) is 8.18. The number of guanidine groups is 1. The molecule has 0 bridgehead atoms. The molecule has 3 aromatic rings. The molecule has 0 radical (unpaired) electrons. The highest BCUT2D eigenvalue weighted by atomic mass is 127. The standard InChI is InChI=1S/C24H30FN5S.HI/c1-4-26-24(29-15-21-8-9-23(25)13-22(21)17-31-3)28-14-19-6-5-7-20(12-19)16-30-11-10-27-18(30)2;/h5-13H,4,14-17H2,1-3H3,(H2,26,28,29);1H. The molecule has 5 nitrogen and oxygen atoms in total. The number of halogens is 2. The number of benzene rings is 2. The summed E-state index contributed by atoms with van der Waals surface area (Å²) in [5, 5.41) is 6.67. The molecular weight excluding hydrogens is 536 g/mol. The van der Waals surface area contributed by atoms with E-state index in [1.54, 1.807) is 17.8 Å². The average molecular weight is 568 g/mol. The van der Waals surface area contributed by atoms with Crippen LogP contribution in [0.5, 0.6) is 0 Å². The molecule has 0 atom stereocenters. The summed E-state index contributed by atoms with van der Waals surface area (Å²) < 4.78 is 15.7. The van der Waals surface area contributed by atoms with Gasteiger partial charge in [0.05, 0.1) is 6.54 Å². The number of thioether (sulfide) groups is 1. The Labute approximate surface area is 211 Å². The SMILES string of the molecule is CCNC(=NCc1cccc(Cn2ccnc2C)c1)NCc1ccc(F)cc1CSC.I. The number of aromatic nitrogens is 2. The van der Waals surface area contributed by atoms with Crippen LogP contribution in [0.4, 0.5) is 4.39 Å². The topological polar surface area (TPSA) is 54.2 Å². The quantitative estimate of drug-likeness (QED) is 0.214. The number of nitrogens with zero attached hydrogens (tertiary/aromatic N) is 3. The summed E-state index contributed by atoms with van der Waals surface area (Å²) in [6.45, 7) is 6.79. The van der Waals surface area contributed by atoms with E-state index in [1.807, 2.05) is 38.6 Å². The highest BCUT2D eigenvalue weighted by Crippen LogP contribution is 2.16. The molecule has 0 spiro atoms. The molecule has 0 saturated carbocycles. The Bertz CT molecular complexity index is 1020. The number of aliphatic imine (C=N–C) groups is 1. The minimum atomic E-state index is -0.195. The lowest BCUT2D eigenvalue weighted by Crippen LogP contribution is -2.37. The fraction of sp³-hybridized carbons (Fsp3) is 0.333. The first kappa shape index (κ1) is 26.2. The van der Waals surface area contributed by atoms with Crippen LogP contribution in [0.25, 0.3) is 0 Å². The molecule has 0 unspecified atom stereocenters. The van der Waals surface area contributed by atoms with Gasteiger partial charge in [0, 0.05) is 37.8 Å². The molecule has 0 aliphatic heterocycles. The number of hydrogen-bond acceptors (Lipinski definition) is 3. The molecule has 0 aliphatic carbocycles. The highest BCUT2D eigenvalue weighted by molar-refractivity contribution is 14.0. The van der Waals surface area contributed by atoms with Crippen LogP contribution in [0.3, 0.4) is 0 Å². The zero-order valence-corrected chi connectivity index (χ0v) is 21.9. The maximum Gasteiger partial charge on any atom is 0.191 e. The molecule has 0 amide bonds. The van der Waals surface area contributed by atoms with Crippen molar-refractivity contribution in [3.8, 4) is 0 Å². The fourth-order valence-electron chi connectivity index (χ4n) is 3.34. The van der Waals surface area contributed by atoms with Gasteiger partial charge in [-0.15, -0.1) is 24.0 Å². The van der Waals surface area contributed by atoms with Crippen molar-refractivity contribution in [3.63, 3.8) is 0 Å². The van der Waals surface area contributed by atoms with Crippen molar-refractivity contribution in [1.82, 2.24) is 20.2 Å². The van der Waals surface area contributed by atoms with Crippen LogP contribution in [0, 0.1) is 12.7 Å². The van der Waals surface area contributed by atoms with Crippen LogP contribution in [0.1, 0.15) is 35.0 Å². The smallest absolute Gasteiger partial charge is 0.191 e. The number of nitrogens with one attached hydrogen (secondary N) is 2. The molecule has 1 aromatic heterocycles. The van der Waals surface area contributed by atoms with Crippen LogP contribution in [-0.2, 0) is 25.4 Å². The van der Waals surface area contributed by atoms with E-state index in [9.17, 15) is 4.39 Å². The van der Waals surface area contributed by atoms with Gasteiger partial charge < -0.3 is 15.2 Å². The van der Waals surface area contributed by atoms with Crippen LogP contribution in [0.2, 0.25) is 0 Å². The molecule has 8 heteroatoms. The molecule has 2 N–H and O–H groups in total. The third-order valence-corrected chi connectivity index (χ3v) is 5.55. The van der Waals surface area contributed by atoms with Gasteiger partial charge >= 0.3 is 0 Å². The molecule has 2 aromatic carbocycles. The van der Waals surface area contributed by atoms with Gasteiger partial charge in [0.1, 0.15) is 11.6 Å². The van der Waals surface area contributed by atoms with Crippen molar-refractivity contribution in [3.05, 3.63) is 88.8 Å². The molecule has 3 rings (SSSR count).